The third kappa shape index (κ3) is 3.57. The molecule has 5 nitrogen and oxygen atoms in total. The van der Waals surface area contributed by atoms with Crippen molar-refractivity contribution in [2.75, 3.05) is 18.4 Å². The van der Waals surface area contributed by atoms with E-state index in [0.717, 1.165) is 13.1 Å². The molecule has 2 N–H and O–H groups in total. The molecule has 23 heavy (non-hydrogen) atoms. The molecular weight excluding hydrogens is 387 g/mol. The molecule has 1 aromatic carbocycles. The second kappa shape index (κ2) is 7.42. The minimum absolute atomic E-state index is 0. The zero-order valence-corrected chi connectivity index (χ0v) is 14.7. The summed E-state index contributed by atoms with van der Waals surface area (Å²) in [4.78, 5) is 12.9. The van der Waals surface area contributed by atoms with Gasteiger partial charge in [0.2, 0.25) is 0 Å². The van der Waals surface area contributed by atoms with Crippen LogP contribution in [0.4, 0.5) is 10.1 Å². The van der Waals surface area contributed by atoms with Gasteiger partial charge in [-0.05, 0) is 66.1 Å². The SMILES string of the molecule is Cl.O=C(Nc1ccc(Br)c(F)c1)C1(n2cccn2)CCNCC1. The van der Waals surface area contributed by atoms with Crippen LogP contribution in [0.25, 0.3) is 0 Å². The summed E-state index contributed by atoms with van der Waals surface area (Å²) in [6.45, 7) is 1.48. The van der Waals surface area contributed by atoms with Crippen molar-refractivity contribution in [3.8, 4) is 0 Å². The molecule has 1 amide bonds. The maximum absolute atomic E-state index is 13.6. The van der Waals surface area contributed by atoms with E-state index in [9.17, 15) is 9.18 Å². The van der Waals surface area contributed by atoms with E-state index in [1.807, 2.05) is 0 Å². The minimum atomic E-state index is -0.738. The van der Waals surface area contributed by atoms with Crippen LogP contribution in [-0.4, -0.2) is 28.8 Å². The zero-order chi connectivity index (χ0) is 15.6. The van der Waals surface area contributed by atoms with E-state index < -0.39 is 11.4 Å². The molecular formula is C15H17BrClFN4O. The lowest BCUT2D eigenvalue weighted by Gasteiger charge is -2.36. The van der Waals surface area contributed by atoms with Gasteiger partial charge in [0.25, 0.3) is 5.91 Å². The molecule has 1 saturated heterocycles. The maximum atomic E-state index is 13.6. The molecule has 0 saturated carbocycles. The van der Waals surface area contributed by atoms with Gasteiger partial charge in [-0.2, -0.15) is 5.10 Å². The van der Waals surface area contributed by atoms with Crippen LogP contribution in [0, 0.1) is 5.82 Å². The van der Waals surface area contributed by atoms with Crippen molar-refractivity contribution in [1.82, 2.24) is 15.1 Å². The molecule has 0 bridgehead atoms. The summed E-state index contributed by atoms with van der Waals surface area (Å²) in [7, 11) is 0. The molecule has 1 fully saturated rings. The van der Waals surface area contributed by atoms with Crippen LogP contribution < -0.4 is 10.6 Å². The maximum Gasteiger partial charge on any atom is 0.252 e. The van der Waals surface area contributed by atoms with Crippen LogP contribution in [0.1, 0.15) is 12.8 Å². The van der Waals surface area contributed by atoms with E-state index in [2.05, 4.69) is 31.7 Å². The van der Waals surface area contributed by atoms with Crippen molar-refractivity contribution >= 4 is 39.9 Å². The highest BCUT2D eigenvalue weighted by molar-refractivity contribution is 9.10. The average Bonchev–Trinajstić information content (AvgIpc) is 3.06. The lowest BCUT2D eigenvalue weighted by molar-refractivity contribution is -0.126. The van der Waals surface area contributed by atoms with Crippen LogP contribution in [0.5, 0.6) is 0 Å². The molecule has 0 aliphatic carbocycles. The average molecular weight is 404 g/mol. The number of carbonyl (C=O) groups excluding carboxylic acids is 1. The predicted octanol–water partition coefficient (Wildman–Crippen LogP) is 2.92. The number of anilines is 1. The molecule has 8 heteroatoms. The van der Waals surface area contributed by atoms with E-state index in [1.54, 1.807) is 35.3 Å². The van der Waals surface area contributed by atoms with E-state index >= 15 is 0 Å². The largest absolute Gasteiger partial charge is 0.324 e. The van der Waals surface area contributed by atoms with Crippen molar-refractivity contribution in [3.05, 3.63) is 46.9 Å². The number of hydrogen-bond acceptors (Lipinski definition) is 3. The smallest absolute Gasteiger partial charge is 0.252 e. The second-order valence-corrected chi connectivity index (χ2v) is 6.17. The lowest BCUT2D eigenvalue weighted by Crippen LogP contribution is -2.52. The fraction of sp³-hybridized carbons (Fsp3) is 0.333. The van der Waals surface area contributed by atoms with Gasteiger partial charge < -0.3 is 10.6 Å². The number of halogens is 3. The third-order valence-electron chi connectivity index (χ3n) is 3.97. The summed E-state index contributed by atoms with van der Waals surface area (Å²) in [5, 5.41) is 10.3. The first kappa shape index (κ1) is 17.9. The van der Waals surface area contributed by atoms with Gasteiger partial charge in [0.1, 0.15) is 11.4 Å². The number of carbonyl (C=O) groups is 1. The Morgan fingerprint density at radius 3 is 2.74 bits per heavy atom. The lowest BCUT2D eigenvalue weighted by atomic mass is 9.87. The number of hydrogen-bond donors (Lipinski definition) is 2. The van der Waals surface area contributed by atoms with E-state index in [1.165, 1.54) is 6.07 Å². The van der Waals surface area contributed by atoms with Gasteiger partial charge in [-0.3, -0.25) is 9.48 Å². The summed E-state index contributed by atoms with van der Waals surface area (Å²) in [5.74, 6) is -0.573. The molecule has 0 atom stereocenters. The van der Waals surface area contributed by atoms with Gasteiger partial charge in [-0.25, -0.2) is 4.39 Å². The van der Waals surface area contributed by atoms with Crippen LogP contribution in [0.2, 0.25) is 0 Å². The first-order valence-electron chi connectivity index (χ1n) is 7.09. The van der Waals surface area contributed by atoms with Crippen molar-refractivity contribution in [2.45, 2.75) is 18.4 Å². The van der Waals surface area contributed by atoms with E-state index in [4.69, 9.17) is 0 Å². The quantitative estimate of drug-likeness (QED) is 0.828. The Hall–Kier alpha value is -1.44. The minimum Gasteiger partial charge on any atom is -0.324 e. The van der Waals surface area contributed by atoms with Gasteiger partial charge in [0.05, 0.1) is 4.47 Å². The Kier molecular flexibility index (Phi) is 5.78. The molecule has 3 rings (SSSR count). The Balaban J connectivity index is 0.00000192. The zero-order valence-electron chi connectivity index (χ0n) is 12.3. The Labute approximate surface area is 148 Å². The third-order valence-corrected chi connectivity index (χ3v) is 4.62. The van der Waals surface area contributed by atoms with Crippen LogP contribution in [-0.2, 0) is 10.3 Å². The number of aromatic nitrogens is 2. The summed E-state index contributed by atoms with van der Waals surface area (Å²) in [6.07, 6.45) is 4.74. The summed E-state index contributed by atoms with van der Waals surface area (Å²) >= 11 is 3.10. The van der Waals surface area contributed by atoms with Gasteiger partial charge in [-0.1, -0.05) is 0 Å². The number of nitrogens with zero attached hydrogens (tertiary/aromatic N) is 2. The second-order valence-electron chi connectivity index (χ2n) is 5.32. The number of piperidine rings is 1. The highest BCUT2D eigenvalue weighted by Gasteiger charge is 2.42. The van der Waals surface area contributed by atoms with Gasteiger partial charge in [-0.15, -0.1) is 12.4 Å². The van der Waals surface area contributed by atoms with Crippen molar-refractivity contribution in [2.24, 2.45) is 0 Å². The number of nitrogens with one attached hydrogen (secondary N) is 2. The molecule has 1 aromatic heterocycles. The Morgan fingerprint density at radius 2 is 2.13 bits per heavy atom. The summed E-state index contributed by atoms with van der Waals surface area (Å²) in [6, 6.07) is 6.35. The molecule has 0 unspecified atom stereocenters. The molecule has 2 heterocycles. The standard InChI is InChI=1S/C15H16BrFN4O.ClH/c16-12-3-2-11(10-13(12)17)20-14(22)15(4-7-18-8-5-15)21-9-1-6-19-21;/h1-3,6,9-10,18H,4-5,7-8H2,(H,20,22);1H. The first-order chi connectivity index (χ1) is 10.6. The Bertz CT molecular complexity index is 674. The van der Waals surface area contributed by atoms with Crippen molar-refractivity contribution in [3.63, 3.8) is 0 Å². The number of benzene rings is 1. The van der Waals surface area contributed by atoms with Gasteiger partial charge in [0.15, 0.2) is 0 Å². The molecule has 0 spiro atoms. The topological polar surface area (TPSA) is 59.0 Å². The molecule has 1 aliphatic heterocycles. The van der Waals surface area contributed by atoms with Gasteiger partial charge >= 0.3 is 0 Å². The summed E-state index contributed by atoms with van der Waals surface area (Å²) in [5.41, 5.74) is -0.297. The molecule has 2 aromatic rings. The van der Waals surface area contributed by atoms with Gasteiger partial charge in [0, 0.05) is 18.1 Å². The molecule has 124 valence electrons. The fourth-order valence-corrected chi connectivity index (χ4v) is 2.99. The first-order valence-corrected chi connectivity index (χ1v) is 7.88. The summed E-state index contributed by atoms with van der Waals surface area (Å²) < 4.78 is 15.7. The van der Waals surface area contributed by atoms with Crippen LogP contribution in [0.15, 0.2) is 41.1 Å². The van der Waals surface area contributed by atoms with Crippen LogP contribution in [0.3, 0.4) is 0 Å². The monoisotopic (exact) mass is 402 g/mol. The fourth-order valence-electron chi connectivity index (χ4n) is 2.74. The number of rotatable bonds is 3. The highest BCUT2D eigenvalue weighted by atomic mass is 79.9. The van der Waals surface area contributed by atoms with Crippen molar-refractivity contribution in [1.29, 1.82) is 0 Å². The molecule has 0 radical (unpaired) electrons. The van der Waals surface area contributed by atoms with E-state index in [-0.39, 0.29) is 18.3 Å². The van der Waals surface area contributed by atoms with Crippen molar-refractivity contribution < 1.29 is 9.18 Å². The predicted molar refractivity (Wildman–Crippen MR) is 92.3 cm³/mol. The van der Waals surface area contributed by atoms with E-state index in [0.29, 0.717) is 23.0 Å². The number of amides is 1. The van der Waals surface area contributed by atoms with Crippen LogP contribution >= 0.6 is 28.3 Å². The highest BCUT2D eigenvalue weighted by Crippen LogP contribution is 2.29. The Morgan fingerprint density at radius 1 is 1.39 bits per heavy atom. The molecule has 1 aliphatic rings. The normalized spacial score (nSPS) is 16.4.